The highest BCUT2D eigenvalue weighted by Gasteiger charge is 2.23. The number of nitrogens with one attached hydrogen (secondary N) is 1. The molecule has 28 heavy (non-hydrogen) atoms. The summed E-state index contributed by atoms with van der Waals surface area (Å²) in [6, 6.07) is 8.39. The predicted molar refractivity (Wildman–Crippen MR) is 104 cm³/mol. The second-order valence-corrected chi connectivity index (χ2v) is 7.11. The summed E-state index contributed by atoms with van der Waals surface area (Å²) in [5.41, 5.74) is 0.0581. The number of carbonyl (C=O) groups excluding carboxylic acids is 1. The largest absolute Gasteiger partial charge is 0.463 e. The van der Waals surface area contributed by atoms with Crippen molar-refractivity contribution in [2.45, 2.75) is 64.0 Å². The molecule has 0 bridgehead atoms. The molecule has 1 aromatic carbocycles. The Balaban J connectivity index is 1.71. The van der Waals surface area contributed by atoms with Crippen LogP contribution in [0.4, 0.5) is 4.39 Å². The molecule has 7 heteroatoms. The van der Waals surface area contributed by atoms with Crippen LogP contribution in [-0.2, 0) is 4.79 Å². The summed E-state index contributed by atoms with van der Waals surface area (Å²) < 4.78 is 20.0. The van der Waals surface area contributed by atoms with E-state index in [-0.39, 0.29) is 23.4 Å². The van der Waals surface area contributed by atoms with Crippen LogP contribution < -0.4 is 15.6 Å². The van der Waals surface area contributed by atoms with Crippen molar-refractivity contribution in [2.24, 2.45) is 0 Å². The lowest BCUT2D eigenvalue weighted by Crippen LogP contribution is -2.43. The Hall–Kier alpha value is -2.70. The number of carbonyl (C=O) groups is 1. The maximum atomic E-state index is 13.1. The number of aromatic nitrogens is 2. The van der Waals surface area contributed by atoms with Crippen LogP contribution in [0.2, 0.25) is 0 Å². The number of amides is 1. The lowest BCUT2D eigenvalue weighted by atomic mass is 10.1. The van der Waals surface area contributed by atoms with Gasteiger partial charge in [-0.25, -0.2) is 4.39 Å². The molecule has 2 aromatic rings. The number of hydrogen-bond donors (Lipinski definition) is 1. The number of rotatable bonds is 6. The highest BCUT2D eigenvalue weighted by Crippen LogP contribution is 2.18. The fourth-order valence-electron chi connectivity index (χ4n) is 3.41. The lowest BCUT2D eigenvalue weighted by molar-refractivity contribution is -0.129. The highest BCUT2D eigenvalue weighted by molar-refractivity contribution is 5.81. The number of hydrogen-bond acceptors (Lipinski definition) is 4. The molecule has 1 fully saturated rings. The molecule has 1 heterocycles. The van der Waals surface area contributed by atoms with Crippen molar-refractivity contribution in [3.8, 4) is 11.6 Å². The van der Waals surface area contributed by atoms with Crippen molar-refractivity contribution in [2.75, 3.05) is 0 Å². The molecule has 1 saturated carbocycles. The fraction of sp³-hybridized carbons (Fsp3) is 0.476. The number of nitrogens with zero attached hydrogens (tertiary/aromatic N) is 2. The second-order valence-electron chi connectivity index (χ2n) is 7.11. The van der Waals surface area contributed by atoms with E-state index in [1.807, 2.05) is 6.92 Å². The third-order valence-electron chi connectivity index (χ3n) is 4.97. The van der Waals surface area contributed by atoms with Gasteiger partial charge >= 0.3 is 0 Å². The Morgan fingerprint density at radius 1 is 1.18 bits per heavy atom. The van der Waals surface area contributed by atoms with E-state index < -0.39 is 11.9 Å². The van der Waals surface area contributed by atoms with Gasteiger partial charge in [0.1, 0.15) is 5.82 Å². The zero-order chi connectivity index (χ0) is 19.9. The number of benzene rings is 1. The first-order valence-corrected chi connectivity index (χ1v) is 9.90. The summed E-state index contributed by atoms with van der Waals surface area (Å²) in [5, 5.41) is 7.28. The monoisotopic (exact) mass is 387 g/mol. The molecule has 150 valence electrons. The summed E-state index contributed by atoms with van der Waals surface area (Å²) in [6.45, 7) is 1.87. The van der Waals surface area contributed by atoms with Gasteiger partial charge < -0.3 is 10.1 Å². The fourth-order valence-corrected chi connectivity index (χ4v) is 3.41. The molecule has 3 rings (SSSR count). The van der Waals surface area contributed by atoms with Gasteiger partial charge in [0.05, 0.1) is 5.69 Å². The van der Waals surface area contributed by atoms with Crippen molar-refractivity contribution < 1.29 is 13.9 Å². The van der Waals surface area contributed by atoms with Gasteiger partial charge in [0.15, 0.2) is 6.10 Å². The van der Waals surface area contributed by atoms with Gasteiger partial charge in [0.2, 0.25) is 5.88 Å². The van der Waals surface area contributed by atoms with Crippen molar-refractivity contribution in [1.29, 1.82) is 0 Å². The first-order valence-electron chi connectivity index (χ1n) is 9.90. The number of ether oxygens (including phenoxy) is 1. The average molecular weight is 387 g/mol. The summed E-state index contributed by atoms with van der Waals surface area (Å²) >= 11 is 0. The molecule has 1 unspecified atom stereocenters. The molecule has 1 atom stereocenters. The van der Waals surface area contributed by atoms with Gasteiger partial charge in [-0.2, -0.15) is 4.68 Å². The van der Waals surface area contributed by atoms with Crippen LogP contribution >= 0.6 is 0 Å². The Kier molecular flexibility index (Phi) is 6.79. The zero-order valence-electron chi connectivity index (χ0n) is 16.1. The standard InChI is InChI=1S/C21H26FN3O3/c1-2-18(21(27)23-16-7-5-3-4-6-8-16)28-19-13-14-20(26)25(24-19)17-11-9-15(22)10-12-17/h9-14,16,18H,2-8H2,1H3,(H,23,27). The summed E-state index contributed by atoms with van der Waals surface area (Å²) in [7, 11) is 0. The molecule has 0 saturated heterocycles. The first-order chi connectivity index (χ1) is 13.6. The molecule has 6 nitrogen and oxygen atoms in total. The Labute approximate surface area is 163 Å². The van der Waals surface area contributed by atoms with Crippen molar-refractivity contribution in [3.63, 3.8) is 0 Å². The van der Waals surface area contributed by atoms with Gasteiger partial charge in [-0.1, -0.05) is 32.6 Å². The molecule has 1 amide bonds. The van der Waals surface area contributed by atoms with Crippen LogP contribution in [0.3, 0.4) is 0 Å². The molecule has 0 aliphatic heterocycles. The third-order valence-corrected chi connectivity index (χ3v) is 4.97. The van der Waals surface area contributed by atoms with E-state index in [0.717, 1.165) is 30.4 Å². The molecule has 0 spiro atoms. The Morgan fingerprint density at radius 2 is 1.86 bits per heavy atom. The molecule has 1 N–H and O–H groups in total. The minimum atomic E-state index is -0.685. The average Bonchev–Trinajstić information content (AvgIpc) is 2.96. The summed E-state index contributed by atoms with van der Waals surface area (Å²) in [6.07, 6.45) is 6.49. The molecular formula is C21H26FN3O3. The van der Waals surface area contributed by atoms with Gasteiger partial charge in [0.25, 0.3) is 11.5 Å². The lowest BCUT2D eigenvalue weighted by Gasteiger charge is -2.21. The van der Waals surface area contributed by atoms with E-state index in [1.54, 1.807) is 0 Å². The van der Waals surface area contributed by atoms with Crippen LogP contribution in [0.1, 0.15) is 51.9 Å². The topological polar surface area (TPSA) is 73.2 Å². The minimum Gasteiger partial charge on any atom is -0.463 e. The quantitative estimate of drug-likeness (QED) is 0.772. The highest BCUT2D eigenvalue weighted by atomic mass is 19.1. The van der Waals surface area contributed by atoms with E-state index in [4.69, 9.17) is 4.74 Å². The number of halogens is 1. The maximum absolute atomic E-state index is 13.1. The Morgan fingerprint density at radius 3 is 2.50 bits per heavy atom. The van der Waals surface area contributed by atoms with Crippen molar-refractivity contribution in [3.05, 3.63) is 52.6 Å². The summed E-state index contributed by atoms with van der Waals surface area (Å²) in [5.74, 6) is -0.382. The molecule has 0 radical (unpaired) electrons. The van der Waals surface area contributed by atoms with E-state index in [0.29, 0.717) is 12.1 Å². The molecular weight excluding hydrogens is 361 g/mol. The van der Waals surface area contributed by atoms with Crippen LogP contribution in [0.15, 0.2) is 41.2 Å². The van der Waals surface area contributed by atoms with Crippen LogP contribution in [0.25, 0.3) is 5.69 Å². The normalized spacial score (nSPS) is 16.2. The minimum absolute atomic E-state index is 0.157. The smallest absolute Gasteiger partial charge is 0.271 e. The van der Waals surface area contributed by atoms with E-state index in [9.17, 15) is 14.0 Å². The maximum Gasteiger partial charge on any atom is 0.271 e. The van der Waals surface area contributed by atoms with Gasteiger partial charge in [-0.05, 0) is 43.5 Å². The predicted octanol–water partition coefficient (Wildman–Crippen LogP) is 3.37. The molecule has 1 aliphatic rings. The van der Waals surface area contributed by atoms with Crippen LogP contribution in [0, 0.1) is 5.82 Å². The zero-order valence-corrected chi connectivity index (χ0v) is 16.1. The van der Waals surface area contributed by atoms with Crippen LogP contribution in [-0.4, -0.2) is 27.8 Å². The second kappa shape index (κ2) is 9.48. The van der Waals surface area contributed by atoms with Gasteiger partial charge in [-0.15, -0.1) is 5.10 Å². The van der Waals surface area contributed by atoms with Crippen molar-refractivity contribution in [1.82, 2.24) is 15.1 Å². The van der Waals surface area contributed by atoms with Gasteiger partial charge in [0, 0.05) is 18.2 Å². The summed E-state index contributed by atoms with van der Waals surface area (Å²) in [4.78, 5) is 24.8. The van der Waals surface area contributed by atoms with Gasteiger partial charge in [-0.3, -0.25) is 9.59 Å². The van der Waals surface area contributed by atoms with E-state index in [1.165, 1.54) is 49.2 Å². The third kappa shape index (κ3) is 5.18. The first kappa shape index (κ1) is 20.0. The van der Waals surface area contributed by atoms with E-state index >= 15 is 0 Å². The molecule has 1 aliphatic carbocycles. The SMILES string of the molecule is CCC(Oc1ccc(=O)n(-c2ccc(F)cc2)n1)C(=O)NC1CCCCCC1. The van der Waals surface area contributed by atoms with Crippen molar-refractivity contribution >= 4 is 5.91 Å². The molecule has 1 aromatic heterocycles. The van der Waals surface area contributed by atoms with Crippen LogP contribution in [0.5, 0.6) is 5.88 Å². The Bertz CT molecular complexity index is 843. The van der Waals surface area contributed by atoms with E-state index in [2.05, 4.69) is 10.4 Å².